The number of hydrogen-bond donors (Lipinski definition) is 2. The molecule has 0 aliphatic heterocycles. The van der Waals surface area contributed by atoms with Gasteiger partial charge in [-0.15, -0.1) is 0 Å². The third kappa shape index (κ3) is 2.85. The van der Waals surface area contributed by atoms with Gasteiger partial charge in [0.25, 0.3) is 5.91 Å². The second-order valence-electron chi connectivity index (χ2n) is 4.47. The van der Waals surface area contributed by atoms with Crippen LogP contribution in [0.15, 0.2) is 35.7 Å². The number of amides is 1. The number of hydrazone groups is 1. The second-order valence-corrected chi connectivity index (χ2v) is 4.47. The van der Waals surface area contributed by atoms with Crippen LogP contribution in [-0.4, -0.2) is 27.3 Å². The summed E-state index contributed by atoms with van der Waals surface area (Å²) in [5.41, 5.74) is 4.66. The van der Waals surface area contributed by atoms with Gasteiger partial charge in [0, 0.05) is 29.6 Å². The lowest BCUT2D eigenvalue weighted by molar-refractivity contribution is 0.0950. The standard InChI is InChI=1S/C13H13N5O/c19-13(12-6-11(16-17-12)10-3-4-10)18-15-8-9-2-1-5-14-7-9/h1-2,5-8,10H,3-4H2,(H,16,17)(H,18,19)/b15-8+. The van der Waals surface area contributed by atoms with Crippen LogP contribution in [0.2, 0.25) is 0 Å². The van der Waals surface area contributed by atoms with E-state index in [1.807, 2.05) is 6.07 Å². The Kier molecular flexibility index (Phi) is 3.06. The predicted molar refractivity (Wildman–Crippen MR) is 69.9 cm³/mol. The number of aromatic amines is 1. The zero-order valence-electron chi connectivity index (χ0n) is 10.2. The number of carbonyl (C=O) groups excluding carboxylic acids is 1. The van der Waals surface area contributed by atoms with E-state index in [1.54, 1.807) is 30.7 Å². The van der Waals surface area contributed by atoms with Gasteiger partial charge in [-0.05, 0) is 25.0 Å². The Morgan fingerprint density at radius 3 is 3.16 bits per heavy atom. The van der Waals surface area contributed by atoms with Crippen LogP contribution in [0.1, 0.15) is 40.5 Å². The topological polar surface area (TPSA) is 83.0 Å². The molecule has 96 valence electrons. The van der Waals surface area contributed by atoms with E-state index in [9.17, 15) is 4.79 Å². The predicted octanol–water partition coefficient (Wildman–Crippen LogP) is 1.45. The lowest BCUT2D eigenvalue weighted by atomic mass is 10.2. The average Bonchev–Trinajstić information content (AvgIpc) is 3.17. The molecule has 0 atom stereocenters. The zero-order valence-corrected chi connectivity index (χ0v) is 10.2. The molecule has 0 bridgehead atoms. The average molecular weight is 255 g/mol. The fraction of sp³-hybridized carbons (Fsp3) is 0.231. The Bertz CT molecular complexity index is 601. The summed E-state index contributed by atoms with van der Waals surface area (Å²) in [6, 6.07) is 5.44. The third-order valence-corrected chi connectivity index (χ3v) is 2.91. The maximum absolute atomic E-state index is 11.8. The Morgan fingerprint density at radius 2 is 2.42 bits per heavy atom. The van der Waals surface area contributed by atoms with E-state index in [0.717, 1.165) is 11.3 Å². The molecule has 2 aromatic rings. The first-order valence-electron chi connectivity index (χ1n) is 6.11. The summed E-state index contributed by atoms with van der Waals surface area (Å²) in [7, 11) is 0. The van der Waals surface area contributed by atoms with Crippen molar-refractivity contribution < 1.29 is 4.79 Å². The maximum atomic E-state index is 11.8. The van der Waals surface area contributed by atoms with Crippen LogP contribution in [0.4, 0.5) is 0 Å². The molecular weight excluding hydrogens is 242 g/mol. The second kappa shape index (κ2) is 5.01. The molecule has 0 spiro atoms. The van der Waals surface area contributed by atoms with Gasteiger partial charge < -0.3 is 0 Å². The van der Waals surface area contributed by atoms with Gasteiger partial charge in [0.1, 0.15) is 0 Å². The summed E-state index contributed by atoms with van der Waals surface area (Å²) in [6.07, 6.45) is 7.22. The van der Waals surface area contributed by atoms with Gasteiger partial charge in [0.05, 0.1) is 6.21 Å². The molecular formula is C13H13N5O. The maximum Gasteiger partial charge on any atom is 0.291 e. The highest BCUT2D eigenvalue weighted by Crippen LogP contribution is 2.38. The molecule has 0 saturated heterocycles. The summed E-state index contributed by atoms with van der Waals surface area (Å²) in [5, 5.41) is 10.7. The molecule has 3 rings (SSSR count). The Labute approximate surface area is 110 Å². The van der Waals surface area contributed by atoms with E-state index < -0.39 is 0 Å². The number of H-pyrrole nitrogens is 1. The molecule has 1 aliphatic carbocycles. The Hall–Kier alpha value is -2.50. The number of rotatable bonds is 4. The quantitative estimate of drug-likeness (QED) is 0.640. The van der Waals surface area contributed by atoms with E-state index in [-0.39, 0.29) is 5.91 Å². The molecule has 6 nitrogen and oxygen atoms in total. The summed E-state index contributed by atoms with van der Waals surface area (Å²) in [5.74, 6) is 0.233. The first-order chi connectivity index (χ1) is 9.33. The lowest BCUT2D eigenvalue weighted by Gasteiger charge is -1.94. The van der Waals surface area contributed by atoms with Crippen molar-refractivity contribution in [2.45, 2.75) is 18.8 Å². The van der Waals surface area contributed by atoms with E-state index in [2.05, 4.69) is 25.7 Å². The van der Waals surface area contributed by atoms with Crippen LogP contribution in [0, 0.1) is 0 Å². The van der Waals surface area contributed by atoms with E-state index >= 15 is 0 Å². The van der Waals surface area contributed by atoms with Crippen LogP contribution >= 0.6 is 0 Å². The highest BCUT2D eigenvalue weighted by atomic mass is 16.2. The summed E-state index contributed by atoms with van der Waals surface area (Å²) in [4.78, 5) is 15.7. The van der Waals surface area contributed by atoms with Gasteiger partial charge in [-0.3, -0.25) is 14.9 Å². The third-order valence-electron chi connectivity index (χ3n) is 2.91. The molecule has 1 saturated carbocycles. The molecule has 0 aromatic carbocycles. The van der Waals surface area contributed by atoms with Crippen LogP contribution in [0.5, 0.6) is 0 Å². The summed E-state index contributed by atoms with van der Waals surface area (Å²) < 4.78 is 0. The number of pyridine rings is 1. The largest absolute Gasteiger partial charge is 0.291 e. The van der Waals surface area contributed by atoms with E-state index in [0.29, 0.717) is 11.6 Å². The molecule has 19 heavy (non-hydrogen) atoms. The number of carbonyl (C=O) groups is 1. The number of hydrogen-bond acceptors (Lipinski definition) is 4. The molecule has 2 heterocycles. The van der Waals surface area contributed by atoms with Crippen molar-refractivity contribution in [3.8, 4) is 0 Å². The lowest BCUT2D eigenvalue weighted by Crippen LogP contribution is -2.18. The van der Waals surface area contributed by atoms with E-state index in [4.69, 9.17) is 0 Å². The smallest absolute Gasteiger partial charge is 0.281 e. The summed E-state index contributed by atoms with van der Waals surface area (Å²) in [6.45, 7) is 0. The molecule has 1 aliphatic rings. The first-order valence-corrected chi connectivity index (χ1v) is 6.11. The normalized spacial score (nSPS) is 14.7. The number of aromatic nitrogens is 3. The van der Waals surface area contributed by atoms with Crippen molar-refractivity contribution in [1.82, 2.24) is 20.6 Å². The van der Waals surface area contributed by atoms with Gasteiger partial charge in [-0.1, -0.05) is 6.07 Å². The van der Waals surface area contributed by atoms with Crippen molar-refractivity contribution in [3.63, 3.8) is 0 Å². The monoisotopic (exact) mass is 255 g/mol. The van der Waals surface area contributed by atoms with Crippen molar-refractivity contribution >= 4 is 12.1 Å². The van der Waals surface area contributed by atoms with Crippen molar-refractivity contribution in [2.75, 3.05) is 0 Å². The van der Waals surface area contributed by atoms with Crippen LogP contribution in [-0.2, 0) is 0 Å². The highest BCUT2D eigenvalue weighted by molar-refractivity contribution is 5.93. The zero-order chi connectivity index (χ0) is 13.1. The molecule has 1 amide bonds. The van der Waals surface area contributed by atoms with Gasteiger partial charge in [-0.2, -0.15) is 10.2 Å². The molecule has 2 N–H and O–H groups in total. The minimum absolute atomic E-state index is 0.316. The minimum atomic E-state index is -0.316. The molecule has 2 aromatic heterocycles. The molecule has 0 unspecified atom stereocenters. The van der Waals surface area contributed by atoms with Crippen LogP contribution in [0.3, 0.4) is 0 Å². The van der Waals surface area contributed by atoms with Crippen molar-refractivity contribution in [2.24, 2.45) is 5.10 Å². The van der Waals surface area contributed by atoms with Gasteiger partial charge in [0.15, 0.2) is 5.69 Å². The van der Waals surface area contributed by atoms with E-state index in [1.165, 1.54) is 12.8 Å². The fourth-order valence-electron chi connectivity index (χ4n) is 1.73. The fourth-order valence-corrected chi connectivity index (χ4v) is 1.73. The highest BCUT2D eigenvalue weighted by Gasteiger charge is 2.26. The first kappa shape index (κ1) is 11.6. The van der Waals surface area contributed by atoms with Crippen molar-refractivity contribution in [1.29, 1.82) is 0 Å². The molecule has 1 fully saturated rings. The number of nitrogens with one attached hydrogen (secondary N) is 2. The minimum Gasteiger partial charge on any atom is -0.281 e. The Morgan fingerprint density at radius 1 is 1.53 bits per heavy atom. The summed E-state index contributed by atoms with van der Waals surface area (Å²) >= 11 is 0. The Balaban J connectivity index is 1.59. The van der Waals surface area contributed by atoms with Gasteiger partial charge in [-0.25, -0.2) is 5.43 Å². The van der Waals surface area contributed by atoms with Crippen LogP contribution < -0.4 is 5.43 Å². The molecule has 0 radical (unpaired) electrons. The van der Waals surface area contributed by atoms with Gasteiger partial charge in [0.2, 0.25) is 0 Å². The van der Waals surface area contributed by atoms with Gasteiger partial charge >= 0.3 is 0 Å². The molecule has 6 heteroatoms. The number of nitrogens with zero attached hydrogens (tertiary/aromatic N) is 3. The van der Waals surface area contributed by atoms with Crippen LogP contribution in [0.25, 0.3) is 0 Å². The van der Waals surface area contributed by atoms with Crippen molar-refractivity contribution in [3.05, 3.63) is 47.5 Å². The SMILES string of the molecule is O=C(N/N=C/c1cccnc1)c1cc(C2CC2)[nH]n1.